The molecule has 4 heteroatoms. The second-order valence-corrected chi connectivity index (χ2v) is 8.02. The van der Waals surface area contributed by atoms with E-state index in [2.05, 4.69) is 47.2 Å². The van der Waals surface area contributed by atoms with Crippen LogP contribution in [-0.2, 0) is 8.85 Å². The van der Waals surface area contributed by atoms with Gasteiger partial charge in [-0.25, -0.2) is 0 Å². The summed E-state index contributed by atoms with van der Waals surface area (Å²) in [5, 5.41) is 0. The summed E-state index contributed by atoms with van der Waals surface area (Å²) in [5.74, 6) is 0.847. The lowest BCUT2D eigenvalue weighted by molar-refractivity contribution is 0.106. The van der Waals surface area contributed by atoms with Crippen molar-refractivity contribution in [1.82, 2.24) is 0 Å². The smallest absolute Gasteiger partial charge is 0.339 e. The third-order valence-corrected chi connectivity index (χ3v) is 6.47. The number of thiol groups is 1. The Kier molecular flexibility index (Phi) is 7.12. The van der Waals surface area contributed by atoms with Gasteiger partial charge in [-0.3, -0.25) is 0 Å². The predicted octanol–water partition coefficient (Wildman–Crippen LogP) is 3.23. The van der Waals surface area contributed by atoms with Gasteiger partial charge < -0.3 is 8.85 Å². The number of hydrogen-bond acceptors (Lipinski definition) is 3. The van der Waals surface area contributed by atoms with Gasteiger partial charge in [0, 0.05) is 12.2 Å². The van der Waals surface area contributed by atoms with Crippen LogP contribution >= 0.6 is 12.6 Å². The molecule has 0 aromatic rings. The van der Waals surface area contributed by atoms with E-state index in [4.69, 9.17) is 8.85 Å². The summed E-state index contributed by atoms with van der Waals surface area (Å²) in [6, 6.07) is 1.98. The first-order chi connectivity index (χ1) is 6.45. The van der Waals surface area contributed by atoms with Crippen molar-refractivity contribution in [3.8, 4) is 0 Å². The van der Waals surface area contributed by atoms with Gasteiger partial charge in [-0.15, -0.1) is 0 Å². The Labute approximate surface area is 95.0 Å². The summed E-state index contributed by atoms with van der Waals surface area (Å²) >= 11 is 4.29. The molecule has 2 nitrogen and oxygen atoms in total. The minimum Gasteiger partial charge on any atom is -0.392 e. The van der Waals surface area contributed by atoms with Crippen molar-refractivity contribution in [1.29, 1.82) is 0 Å². The maximum absolute atomic E-state index is 6.01. The molecule has 0 N–H and O–H groups in total. The van der Waals surface area contributed by atoms with Gasteiger partial charge in [-0.1, -0.05) is 6.92 Å². The van der Waals surface area contributed by atoms with Gasteiger partial charge in [0.2, 0.25) is 0 Å². The van der Waals surface area contributed by atoms with Crippen molar-refractivity contribution in [3.05, 3.63) is 0 Å². The Hall–Kier alpha value is 0.487. The van der Waals surface area contributed by atoms with Crippen LogP contribution in [0, 0.1) is 0 Å². The normalized spacial score (nSPS) is 12.9. The molecule has 0 bridgehead atoms. The van der Waals surface area contributed by atoms with Crippen molar-refractivity contribution in [2.75, 3.05) is 5.75 Å². The molecule has 0 saturated heterocycles. The van der Waals surface area contributed by atoms with E-state index in [9.17, 15) is 0 Å². The average Bonchev–Trinajstić information content (AvgIpc) is 2.02. The van der Waals surface area contributed by atoms with Crippen molar-refractivity contribution >= 4 is 21.2 Å². The Morgan fingerprint density at radius 1 is 1.07 bits per heavy atom. The van der Waals surface area contributed by atoms with E-state index in [-0.39, 0.29) is 12.2 Å². The molecule has 0 radical (unpaired) electrons. The molecule has 0 aromatic carbocycles. The second kappa shape index (κ2) is 6.88. The van der Waals surface area contributed by atoms with Crippen LogP contribution in [0.4, 0.5) is 0 Å². The van der Waals surface area contributed by atoms with Crippen LogP contribution < -0.4 is 0 Å². The van der Waals surface area contributed by atoms with E-state index in [0.29, 0.717) is 0 Å². The Morgan fingerprint density at radius 3 is 1.71 bits per heavy atom. The molecular formula is C10H24O2SSi. The van der Waals surface area contributed by atoms with E-state index < -0.39 is 8.56 Å². The van der Waals surface area contributed by atoms with Gasteiger partial charge in [0.25, 0.3) is 0 Å². The molecule has 0 aliphatic heterocycles. The number of rotatable bonds is 7. The van der Waals surface area contributed by atoms with Gasteiger partial charge >= 0.3 is 8.56 Å². The second-order valence-electron chi connectivity index (χ2n) is 4.07. The van der Waals surface area contributed by atoms with Gasteiger partial charge in [0.05, 0.1) is 0 Å². The lowest BCUT2D eigenvalue weighted by Crippen LogP contribution is -2.45. The van der Waals surface area contributed by atoms with Crippen molar-refractivity contribution in [3.63, 3.8) is 0 Å². The fourth-order valence-corrected chi connectivity index (χ4v) is 5.58. The molecule has 0 fully saturated rings. The third kappa shape index (κ3) is 5.39. The molecule has 0 unspecified atom stereocenters. The van der Waals surface area contributed by atoms with Crippen LogP contribution in [0.25, 0.3) is 0 Å². The van der Waals surface area contributed by atoms with Crippen molar-refractivity contribution < 1.29 is 8.85 Å². The van der Waals surface area contributed by atoms with Crippen LogP contribution in [0.3, 0.4) is 0 Å². The van der Waals surface area contributed by atoms with Gasteiger partial charge in [-0.2, -0.15) is 12.6 Å². The van der Waals surface area contributed by atoms with Crippen LogP contribution in [0.15, 0.2) is 0 Å². The molecule has 0 aliphatic carbocycles. The fraction of sp³-hybridized carbons (Fsp3) is 1.00. The largest absolute Gasteiger partial charge is 0.392 e. The van der Waals surface area contributed by atoms with E-state index in [1.807, 2.05) is 0 Å². The van der Waals surface area contributed by atoms with Gasteiger partial charge in [0.15, 0.2) is 0 Å². The molecule has 0 amide bonds. The first kappa shape index (κ1) is 14.5. The molecule has 0 aliphatic rings. The summed E-state index contributed by atoms with van der Waals surface area (Å²) in [5.41, 5.74) is 0. The summed E-state index contributed by atoms with van der Waals surface area (Å²) in [4.78, 5) is 0. The Balaban J connectivity index is 4.42. The highest BCUT2D eigenvalue weighted by Gasteiger charge is 2.36. The van der Waals surface area contributed by atoms with E-state index in [1.165, 1.54) is 0 Å². The maximum Gasteiger partial charge on any atom is 0.339 e. The predicted molar refractivity (Wildman–Crippen MR) is 67.3 cm³/mol. The molecule has 0 atom stereocenters. The Morgan fingerprint density at radius 2 is 1.50 bits per heavy atom. The molecule has 0 aromatic heterocycles. The van der Waals surface area contributed by atoms with Crippen LogP contribution in [-0.4, -0.2) is 26.5 Å². The first-order valence-electron chi connectivity index (χ1n) is 5.42. The number of hydrogen-bond donors (Lipinski definition) is 1. The summed E-state index contributed by atoms with van der Waals surface area (Å²) in [6.07, 6.45) is 0.500. The fourth-order valence-electron chi connectivity index (χ4n) is 1.52. The van der Waals surface area contributed by atoms with E-state index in [0.717, 1.165) is 17.8 Å². The molecular weight excluding hydrogens is 212 g/mol. The van der Waals surface area contributed by atoms with E-state index >= 15 is 0 Å². The highest BCUT2D eigenvalue weighted by Crippen LogP contribution is 2.23. The van der Waals surface area contributed by atoms with Crippen molar-refractivity contribution in [2.24, 2.45) is 0 Å². The zero-order chi connectivity index (χ0) is 11.2. The third-order valence-electron chi connectivity index (χ3n) is 1.93. The summed E-state index contributed by atoms with van der Waals surface area (Å²) < 4.78 is 12.0. The minimum absolute atomic E-state index is 0.250. The van der Waals surface area contributed by atoms with Crippen molar-refractivity contribution in [2.45, 2.75) is 58.9 Å². The Bertz CT molecular complexity index is 141. The zero-order valence-electron chi connectivity index (χ0n) is 10.0. The maximum atomic E-state index is 6.01. The minimum atomic E-state index is -1.97. The molecule has 0 saturated carbocycles. The molecule has 14 heavy (non-hydrogen) atoms. The first-order valence-corrected chi connectivity index (χ1v) is 8.28. The summed E-state index contributed by atoms with van der Waals surface area (Å²) in [6.45, 7) is 10.4. The van der Waals surface area contributed by atoms with E-state index in [1.54, 1.807) is 0 Å². The monoisotopic (exact) mass is 236 g/mol. The lowest BCUT2D eigenvalue weighted by Gasteiger charge is -2.33. The summed E-state index contributed by atoms with van der Waals surface area (Å²) in [7, 11) is -1.97. The standard InChI is InChI=1S/C10H24O2SSi/c1-6-14(8-7-13,11-9(2)3)12-10(4)5/h9-10,13H,6-8H2,1-5H3. The van der Waals surface area contributed by atoms with Gasteiger partial charge in [-0.05, 0) is 45.5 Å². The zero-order valence-corrected chi connectivity index (χ0v) is 11.9. The quantitative estimate of drug-likeness (QED) is 0.540. The molecule has 0 heterocycles. The molecule has 0 rings (SSSR count). The van der Waals surface area contributed by atoms with Crippen LogP contribution in [0.1, 0.15) is 34.6 Å². The van der Waals surface area contributed by atoms with Crippen LogP contribution in [0.5, 0.6) is 0 Å². The molecule has 0 spiro atoms. The SMILES string of the molecule is CC[Si](CCS)(OC(C)C)OC(C)C. The average molecular weight is 236 g/mol. The van der Waals surface area contributed by atoms with Gasteiger partial charge in [0.1, 0.15) is 0 Å². The van der Waals surface area contributed by atoms with Crippen LogP contribution in [0.2, 0.25) is 12.1 Å². The molecule has 86 valence electrons. The topological polar surface area (TPSA) is 18.5 Å². The highest BCUT2D eigenvalue weighted by molar-refractivity contribution is 7.80. The lowest BCUT2D eigenvalue weighted by atomic mass is 10.5. The highest BCUT2D eigenvalue weighted by atomic mass is 32.1.